The summed E-state index contributed by atoms with van der Waals surface area (Å²) >= 11 is 1.43. The van der Waals surface area contributed by atoms with Crippen LogP contribution in [0.5, 0.6) is 11.5 Å². The average molecular weight is 365 g/mol. The third-order valence-corrected chi connectivity index (χ3v) is 5.02. The van der Waals surface area contributed by atoms with Crippen molar-refractivity contribution in [2.24, 2.45) is 0 Å². The summed E-state index contributed by atoms with van der Waals surface area (Å²) in [5.41, 5.74) is 1.33. The second-order valence-electron chi connectivity index (χ2n) is 5.68. The van der Waals surface area contributed by atoms with Crippen molar-refractivity contribution in [1.82, 2.24) is 14.8 Å². The number of thiazole rings is 1. The Kier molecular flexibility index (Phi) is 3.85. The fraction of sp³-hybridized carbons (Fsp3) is 0.0526. The molecule has 0 unspecified atom stereocenters. The molecule has 0 spiro atoms. The Morgan fingerprint density at radius 2 is 2.12 bits per heavy atom. The molecule has 2 heterocycles. The lowest BCUT2D eigenvalue weighted by Gasteiger charge is -2.03. The van der Waals surface area contributed by atoms with Gasteiger partial charge in [-0.15, -0.1) is 0 Å². The number of benzene rings is 2. The molecular formula is C19H15N3O3S. The molecule has 0 aliphatic carbocycles. The number of H-pyrrole nitrogens is 1. The summed E-state index contributed by atoms with van der Waals surface area (Å²) in [5, 5.41) is 14.2. The van der Waals surface area contributed by atoms with Gasteiger partial charge in [0, 0.05) is 0 Å². The molecule has 0 amide bonds. The van der Waals surface area contributed by atoms with E-state index in [4.69, 9.17) is 4.74 Å². The fourth-order valence-electron chi connectivity index (χ4n) is 2.69. The fourth-order valence-corrected chi connectivity index (χ4v) is 3.61. The Hall–Kier alpha value is -3.32. The number of nitrogens with one attached hydrogen (secondary N) is 1. The number of aromatic nitrogens is 3. The Morgan fingerprint density at radius 3 is 2.88 bits per heavy atom. The lowest BCUT2D eigenvalue weighted by atomic mass is 10.1. The van der Waals surface area contributed by atoms with Gasteiger partial charge in [-0.2, -0.15) is 4.68 Å². The van der Waals surface area contributed by atoms with E-state index in [0.29, 0.717) is 21.4 Å². The van der Waals surface area contributed by atoms with E-state index >= 15 is 0 Å². The number of phenols is 1. The number of hydrogen-bond donors (Lipinski definition) is 2. The SMILES string of the molecule is C=c1[nH]n(-c2nc3ccccc3s2)c(=O)c1=Cc1ccc(O)c(OC)c1. The van der Waals surface area contributed by atoms with Gasteiger partial charge in [-0.1, -0.05) is 36.1 Å². The Labute approximate surface area is 151 Å². The summed E-state index contributed by atoms with van der Waals surface area (Å²) < 4.78 is 7.51. The molecule has 4 aromatic rings. The van der Waals surface area contributed by atoms with Gasteiger partial charge in [-0.25, -0.2) is 4.98 Å². The van der Waals surface area contributed by atoms with Gasteiger partial charge in [0.2, 0.25) is 5.13 Å². The van der Waals surface area contributed by atoms with Crippen LogP contribution in [0.15, 0.2) is 47.3 Å². The zero-order chi connectivity index (χ0) is 18.3. The smallest absolute Gasteiger partial charge is 0.281 e. The number of para-hydroxylation sites is 1. The Balaban J connectivity index is 1.87. The maximum atomic E-state index is 12.8. The highest BCUT2D eigenvalue weighted by molar-refractivity contribution is 7.20. The molecule has 0 fully saturated rings. The van der Waals surface area contributed by atoms with Gasteiger partial charge in [0.1, 0.15) is 0 Å². The van der Waals surface area contributed by atoms with Gasteiger partial charge >= 0.3 is 0 Å². The van der Waals surface area contributed by atoms with Crippen LogP contribution in [0.4, 0.5) is 0 Å². The average Bonchev–Trinajstić information content (AvgIpc) is 3.19. The van der Waals surface area contributed by atoms with Crippen molar-refractivity contribution in [1.29, 1.82) is 0 Å². The quantitative estimate of drug-likeness (QED) is 0.579. The maximum absolute atomic E-state index is 12.8. The van der Waals surface area contributed by atoms with Gasteiger partial charge in [0.25, 0.3) is 5.56 Å². The minimum atomic E-state index is -0.235. The number of phenolic OH excluding ortho intramolecular Hbond substituents is 1. The van der Waals surface area contributed by atoms with Crippen LogP contribution < -0.4 is 20.9 Å². The lowest BCUT2D eigenvalue weighted by molar-refractivity contribution is 0.373. The molecule has 7 heteroatoms. The largest absolute Gasteiger partial charge is 0.504 e. The van der Waals surface area contributed by atoms with Crippen molar-refractivity contribution >= 4 is 34.2 Å². The van der Waals surface area contributed by atoms with Crippen LogP contribution in [-0.4, -0.2) is 27.0 Å². The molecule has 6 nitrogen and oxygen atoms in total. The number of fused-ring (bicyclic) bond motifs is 1. The molecule has 0 bridgehead atoms. The summed E-state index contributed by atoms with van der Waals surface area (Å²) in [7, 11) is 1.47. The standard InChI is InChI=1S/C19H15N3O3S/c1-11-13(9-12-7-8-15(23)16(10-12)25-2)18(24)22(21-11)19-20-14-5-3-4-6-17(14)26-19/h3-10,21,23H,1H2,2H3. The van der Waals surface area contributed by atoms with Crippen LogP contribution in [-0.2, 0) is 0 Å². The second kappa shape index (κ2) is 6.20. The minimum Gasteiger partial charge on any atom is -0.504 e. The molecule has 26 heavy (non-hydrogen) atoms. The van der Waals surface area contributed by atoms with Crippen LogP contribution in [0.3, 0.4) is 0 Å². The van der Waals surface area contributed by atoms with Crippen molar-refractivity contribution in [3.05, 3.63) is 68.9 Å². The predicted molar refractivity (Wildman–Crippen MR) is 103 cm³/mol. The van der Waals surface area contributed by atoms with Crippen LogP contribution >= 0.6 is 11.3 Å². The zero-order valence-corrected chi connectivity index (χ0v) is 14.7. The van der Waals surface area contributed by atoms with E-state index in [0.717, 1.165) is 15.8 Å². The van der Waals surface area contributed by atoms with E-state index in [1.807, 2.05) is 24.3 Å². The zero-order valence-electron chi connectivity index (χ0n) is 13.9. The number of rotatable bonds is 3. The van der Waals surface area contributed by atoms with Crippen molar-refractivity contribution in [2.45, 2.75) is 0 Å². The Bertz CT molecular complexity index is 1250. The summed E-state index contributed by atoms with van der Waals surface area (Å²) in [6, 6.07) is 12.6. The second-order valence-corrected chi connectivity index (χ2v) is 6.69. The number of methoxy groups -OCH3 is 1. The highest BCUT2D eigenvalue weighted by atomic mass is 32.1. The molecule has 130 valence electrons. The van der Waals surface area contributed by atoms with Gasteiger partial charge in [-0.05, 0) is 35.9 Å². The predicted octanol–water partition coefficient (Wildman–Crippen LogP) is 1.73. The molecule has 2 aromatic heterocycles. The highest BCUT2D eigenvalue weighted by Crippen LogP contribution is 2.26. The number of aromatic hydroxyl groups is 1. The molecule has 4 rings (SSSR count). The van der Waals surface area contributed by atoms with E-state index in [1.165, 1.54) is 29.2 Å². The first-order valence-corrected chi connectivity index (χ1v) is 8.63. The summed E-state index contributed by atoms with van der Waals surface area (Å²) in [6.45, 7) is 3.93. The summed E-state index contributed by atoms with van der Waals surface area (Å²) in [4.78, 5) is 17.3. The topological polar surface area (TPSA) is 80.1 Å². The maximum Gasteiger partial charge on any atom is 0.281 e. The van der Waals surface area contributed by atoms with Crippen LogP contribution in [0.2, 0.25) is 0 Å². The van der Waals surface area contributed by atoms with Crippen LogP contribution in [0.1, 0.15) is 5.56 Å². The van der Waals surface area contributed by atoms with E-state index < -0.39 is 0 Å². The van der Waals surface area contributed by atoms with Crippen molar-refractivity contribution in [3.8, 4) is 16.6 Å². The number of hydrogen-bond acceptors (Lipinski definition) is 5. The molecule has 2 aromatic carbocycles. The van der Waals surface area contributed by atoms with Gasteiger partial charge in [0.15, 0.2) is 11.5 Å². The molecule has 0 saturated carbocycles. The van der Waals surface area contributed by atoms with Crippen LogP contribution in [0, 0.1) is 0 Å². The molecule has 0 aliphatic rings. The molecule has 0 radical (unpaired) electrons. The first-order valence-electron chi connectivity index (χ1n) is 7.81. The first kappa shape index (κ1) is 16.2. The van der Waals surface area contributed by atoms with Gasteiger partial charge in [0.05, 0.1) is 27.9 Å². The summed E-state index contributed by atoms with van der Waals surface area (Å²) in [6.07, 6.45) is 1.70. The minimum absolute atomic E-state index is 0.0421. The number of ether oxygens (including phenoxy) is 1. The van der Waals surface area contributed by atoms with Gasteiger partial charge < -0.3 is 9.84 Å². The molecule has 0 aliphatic heterocycles. The molecule has 0 saturated heterocycles. The van der Waals surface area contributed by atoms with E-state index in [1.54, 1.807) is 18.2 Å². The van der Waals surface area contributed by atoms with Crippen molar-refractivity contribution < 1.29 is 9.84 Å². The third-order valence-electron chi connectivity index (χ3n) is 3.99. The molecule has 0 atom stereocenters. The summed E-state index contributed by atoms with van der Waals surface area (Å²) in [5.74, 6) is 0.381. The van der Waals surface area contributed by atoms with E-state index in [9.17, 15) is 9.90 Å². The Morgan fingerprint density at radius 1 is 1.31 bits per heavy atom. The van der Waals surface area contributed by atoms with Crippen LogP contribution in [0.25, 0.3) is 28.0 Å². The van der Waals surface area contributed by atoms with Gasteiger partial charge in [-0.3, -0.25) is 9.89 Å². The van der Waals surface area contributed by atoms with Crippen molar-refractivity contribution in [3.63, 3.8) is 0 Å². The highest BCUT2D eigenvalue weighted by Gasteiger charge is 2.10. The molecule has 2 N–H and O–H groups in total. The van der Waals surface area contributed by atoms with E-state index in [-0.39, 0.29) is 11.3 Å². The number of nitrogens with zero attached hydrogens (tertiary/aromatic N) is 2. The third kappa shape index (κ3) is 2.68. The van der Waals surface area contributed by atoms with E-state index in [2.05, 4.69) is 16.7 Å². The first-order chi connectivity index (χ1) is 12.6. The number of aromatic amines is 1. The monoisotopic (exact) mass is 365 g/mol. The molecular weight excluding hydrogens is 350 g/mol. The lowest BCUT2D eigenvalue weighted by Crippen LogP contribution is -2.33. The van der Waals surface area contributed by atoms with Crippen molar-refractivity contribution in [2.75, 3.05) is 7.11 Å². The normalized spacial score (nSPS) is 12.0.